The van der Waals surface area contributed by atoms with Crippen LogP contribution in [0.2, 0.25) is 0 Å². The average molecular weight is 387 g/mol. The summed E-state index contributed by atoms with van der Waals surface area (Å²) in [5.74, 6) is 0. The van der Waals surface area contributed by atoms with E-state index in [-0.39, 0.29) is 17.2 Å². The van der Waals surface area contributed by atoms with Gasteiger partial charge < -0.3 is 13.9 Å². The maximum Gasteiger partial charge on any atom is 0.260 e. The number of hydrogen-bond acceptors (Lipinski definition) is 4. The van der Waals surface area contributed by atoms with Crippen LogP contribution in [0.25, 0.3) is 21.8 Å². The lowest BCUT2D eigenvalue weighted by Crippen LogP contribution is -2.26. The van der Waals surface area contributed by atoms with Crippen molar-refractivity contribution in [2.24, 2.45) is 0 Å². The van der Waals surface area contributed by atoms with Crippen LogP contribution in [0.3, 0.4) is 0 Å². The minimum atomic E-state index is -0.144. The van der Waals surface area contributed by atoms with E-state index in [1.54, 1.807) is 27.6 Å². The Morgan fingerprint density at radius 2 is 1.62 bits per heavy atom. The smallest absolute Gasteiger partial charge is 0.260 e. The van der Waals surface area contributed by atoms with Crippen molar-refractivity contribution in [2.75, 3.05) is 6.61 Å². The van der Waals surface area contributed by atoms with Crippen LogP contribution in [0.1, 0.15) is 18.4 Å². The Balaban J connectivity index is 1.60. The van der Waals surface area contributed by atoms with Gasteiger partial charge in [0.2, 0.25) is 0 Å². The predicted molar refractivity (Wildman–Crippen MR) is 112 cm³/mol. The zero-order valence-electron chi connectivity index (χ0n) is 16.0. The number of rotatable bonds is 4. The maximum atomic E-state index is 13.0. The molecule has 29 heavy (non-hydrogen) atoms. The van der Waals surface area contributed by atoms with E-state index in [2.05, 4.69) is 4.98 Å². The van der Waals surface area contributed by atoms with Crippen molar-refractivity contribution in [3.05, 3.63) is 87.2 Å². The summed E-state index contributed by atoms with van der Waals surface area (Å²) < 4.78 is 8.97. The molecular formula is C23H21N3O3. The summed E-state index contributed by atoms with van der Waals surface area (Å²) in [4.78, 5) is 30.6. The van der Waals surface area contributed by atoms with Gasteiger partial charge in [-0.25, -0.2) is 4.98 Å². The predicted octanol–water partition coefficient (Wildman–Crippen LogP) is 2.94. The molecule has 0 saturated carbocycles. The molecule has 146 valence electrons. The molecule has 4 aromatic rings. The summed E-state index contributed by atoms with van der Waals surface area (Å²) >= 11 is 0. The third-order valence-electron chi connectivity index (χ3n) is 5.51. The highest BCUT2D eigenvalue weighted by Crippen LogP contribution is 2.17. The summed E-state index contributed by atoms with van der Waals surface area (Å²) in [5.41, 5.74) is 1.97. The molecule has 0 spiro atoms. The summed E-state index contributed by atoms with van der Waals surface area (Å²) in [6.07, 6.45) is 5.59. The molecule has 1 atom stereocenters. The van der Waals surface area contributed by atoms with Crippen molar-refractivity contribution in [3.63, 3.8) is 0 Å². The Bertz CT molecular complexity index is 1300. The lowest BCUT2D eigenvalue weighted by molar-refractivity contribution is 0.0963. The molecule has 5 rings (SSSR count). The van der Waals surface area contributed by atoms with Gasteiger partial charge in [0.15, 0.2) is 0 Å². The van der Waals surface area contributed by atoms with Crippen LogP contribution in [0, 0.1) is 0 Å². The molecular weight excluding hydrogens is 366 g/mol. The summed E-state index contributed by atoms with van der Waals surface area (Å²) in [7, 11) is 0. The second-order valence-electron chi connectivity index (χ2n) is 7.50. The molecule has 0 aliphatic carbocycles. The number of aromatic nitrogens is 3. The topological polar surface area (TPSA) is 66.1 Å². The average Bonchev–Trinajstić information content (AvgIpc) is 3.26. The van der Waals surface area contributed by atoms with Crippen molar-refractivity contribution in [2.45, 2.75) is 32.0 Å². The first-order valence-corrected chi connectivity index (χ1v) is 9.88. The summed E-state index contributed by atoms with van der Waals surface area (Å²) in [6.45, 7) is 1.76. The van der Waals surface area contributed by atoms with Gasteiger partial charge in [-0.3, -0.25) is 9.59 Å². The molecule has 6 heteroatoms. The van der Waals surface area contributed by atoms with Gasteiger partial charge in [-0.1, -0.05) is 30.3 Å². The highest BCUT2D eigenvalue weighted by Gasteiger charge is 2.17. The van der Waals surface area contributed by atoms with Gasteiger partial charge in [-0.2, -0.15) is 0 Å². The number of ether oxygens (including phenoxy) is 1. The van der Waals surface area contributed by atoms with Crippen LogP contribution in [0.4, 0.5) is 0 Å². The van der Waals surface area contributed by atoms with E-state index >= 15 is 0 Å². The monoisotopic (exact) mass is 387 g/mol. The van der Waals surface area contributed by atoms with Gasteiger partial charge in [0.1, 0.15) is 0 Å². The van der Waals surface area contributed by atoms with Gasteiger partial charge in [-0.05, 0) is 36.6 Å². The van der Waals surface area contributed by atoms with Crippen molar-refractivity contribution in [1.29, 1.82) is 0 Å². The number of nitrogens with zero attached hydrogens (tertiary/aromatic N) is 3. The molecule has 0 amide bonds. The lowest BCUT2D eigenvalue weighted by atomic mass is 10.1. The van der Waals surface area contributed by atoms with Crippen molar-refractivity contribution in [3.8, 4) is 0 Å². The van der Waals surface area contributed by atoms with E-state index in [0.717, 1.165) is 25.0 Å². The van der Waals surface area contributed by atoms with Crippen LogP contribution >= 0.6 is 0 Å². The Kier molecular flexibility index (Phi) is 4.48. The zero-order valence-corrected chi connectivity index (χ0v) is 16.0. The Morgan fingerprint density at radius 1 is 0.931 bits per heavy atom. The highest BCUT2D eigenvalue weighted by molar-refractivity contribution is 5.91. The molecule has 0 bridgehead atoms. The van der Waals surface area contributed by atoms with Crippen LogP contribution < -0.4 is 11.1 Å². The molecule has 1 saturated heterocycles. The highest BCUT2D eigenvalue weighted by atomic mass is 16.5. The van der Waals surface area contributed by atoms with Gasteiger partial charge in [0, 0.05) is 19.0 Å². The normalized spacial score (nSPS) is 16.6. The van der Waals surface area contributed by atoms with Gasteiger partial charge in [0.05, 0.1) is 41.0 Å². The number of fused-ring (bicyclic) bond motifs is 2. The standard InChI is InChI=1S/C23H21N3O3/c27-22-18-13-19-21(9-11-26(23(19)28)15-17-7-4-12-29-17)24-20(18)8-10-25(22)14-16-5-2-1-3-6-16/h1-3,5-6,8-11,13,17H,4,7,12,14-15H2/t17-/m1/s1. The minimum absolute atomic E-state index is 0.0710. The largest absolute Gasteiger partial charge is 0.376 e. The Hall–Kier alpha value is -3.25. The molecule has 0 N–H and O–H groups in total. The first-order valence-electron chi connectivity index (χ1n) is 9.88. The van der Waals surface area contributed by atoms with Crippen molar-refractivity contribution < 1.29 is 4.74 Å². The fourth-order valence-electron chi connectivity index (χ4n) is 3.96. The Morgan fingerprint density at radius 3 is 2.31 bits per heavy atom. The first-order chi connectivity index (χ1) is 14.2. The van der Waals surface area contributed by atoms with E-state index in [1.807, 2.05) is 42.5 Å². The SMILES string of the molecule is O=c1c2cc3c(=O)n(C[C@H]4CCCO4)ccc3nc2ccn1Cc1ccccc1. The van der Waals surface area contributed by atoms with E-state index in [1.165, 1.54) is 0 Å². The minimum Gasteiger partial charge on any atom is -0.376 e. The lowest BCUT2D eigenvalue weighted by Gasteiger charge is -2.13. The Labute approximate surface area is 167 Å². The van der Waals surface area contributed by atoms with E-state index in [9.17, 15) is 9.59 Å². The maximum absolute atomic E-state index is 13.0. The second kappa shape index (κ2) is 7.29. The quantitative estimate of drug-likeness (QED) is 0.505. The molecule has 0 radical (unpaired) electrons. The summed E-state index contributed by atoms with van der Waals surface area (Å²) in [5, 5.41) is 0.926. The van der Waals surface area contributed by atoms with Crippen molar-refractivity contribution in [1.82, 2.24) is 14.1 Å². The van der Waals surface area contributed by atoms with Crippen LogP contribution in [-0.2, 0) is 17.8 Å². The molecule has 6 nitrogen and oxygen atoms in total. The molecule has 4 heterocycles. The third-order valence-corrected chi connectivity index (χ3v) is 5.51. The molecule has 3 aromatic heterocycles. The zero-order chi connectivity index (χ0) is 19.8. The fourth-order valence-corrected chi connectivity index (χ4v) is 3.96. The van der Waals surface area contributed by atoms with E-state index < -0.39 is 0 Å². The molecule has 0 unspecified atom stereocenters. The van der Waals surface area contributed by atoms with Crippen LogP contribution in [0.5, 0.6) is 0 Å². The van der Waals surface area contributed by atoms with E-state index in [4.69, 9.17) is 4.74 Å². The van der Waals surface area contributed by atoms with Crippen LogP contribution in [-0.4, -0.2) is 26.8 Å². The second-order valence-corrected chi connectivity index (χ2v) is 7.50. The van der Waals surface area contributed by atoms with Crippen molar-refractivity contribution >= 4 is 21.8 Å². The third kappa shape index (κ3) is 3.36. The molecule has 1 fully saturated rings. The van der Waals surface area contributed by atoms with Gasteiger partial charge >= 0.3 is 0 Å². The van der Waals surface area contributed by atoms with Gasteiger partial charge in [-0.15, -0.1) is 0 Å². The number of hydrogen-bond donors (Lipinski definition) is 0. The first kappa shape index (κ1) is 17.8. The van der Waals surface area contributed by atoms with Crippen LogP contribution in [0.15, 0.2) is 70.5 Å². The van der Waals surface area contributed by atoms with Gasteiger partial charge in [0.25, 0.3) is 11.1 Å². The molecule has 1 aliphatic heterocycles. The summed E-state index contributed by atoms with van der Waals surface area (Å²) in [6, 6.07) is 15.2. The van der Waals surface area contributed by atoms with E-state index in [0.29, 0.717) is 34.9 Å². The number of benzene rings is 1. The fraction of sp³-hybridized carbons (Fsp3) is 0.261. The molecule has 1 aromatic carbocycles. The number of pyridine rings is 3. The molecule has 1 aliphatic rings.